The number of hydrogen-bond acceptors (Lipinski definition) is 5. The zero-order valence-electron chi connectivity index (χ0n) is 15.1. The second kappa shape index (κ2) is 10.7. The van der Waals surface area contributed by atoms with Gasteiger partial charge in [-0.15, -0.1) is 11.8 Å². The zero-order chi connectivity index (χ0) is 19.6. The SMILES string of the molecule is CCOc1ccccc1NC(=O)CSCC(=O)Nc1cc(Cl)ccc1OC. The van der Waals surface area contributed by atoms with Gasteiger partial charge in [0.25, 0.3) is 0 Å². The summed E-state index contributed by atoms with van der Waals surface area (Å²) in [5, 5.41) is 6.01. The van der Waals surface area contributed by atoms with Crippen LogP contribution in [-0.2, 0) is 9.59 Å². The van der Waals surface area contributed by atoms with Crippen molar-refractivity contribution in [2.24, 2.45) is 0 Å². The van der Waals surface area contributed by atoms with Gasteiger partial charge >= 0.3 is 0 Å². The van der Waals surface area contributed by atoms with Gasteiger partial charge in [-0.3, -0.25) is 9.59 Å². The fraction of sp³-hybridized carbons (Fsp3) is 0.263. The van der Waals surface area contributed by atoms with Crippen molar-refractivity contribution in [1.82, 2.24) is 0 Å². The topological polar surface area (TPSA) is 76.7 Å². The zero-order valence-corrected chi connectivity index (χ0v) is 16.7. The predicted molar refractivity (Wildman–Crippen MR) is 110 cm³/mol. The van der Waals surface area contributed by atoms with Crippen molar-refractivity contribution < 1.29 is 19.1 Å². The van der Waals surface area contributed by atoms with E-state index < -0.39 is 0 Å². The van der Waals surface area contributed by atoms with Crippen molar-refractivity contribution in [1.29, 1.82) is 0 Å². The van der Waals surface area contributed by atoms with Crippen molar-refractivity contribution in [3.8, 4) is 11.5 Å². The Morgan fingerprint density at radius 3 is 2.33 bits per heavy atom. The molecule has 2 rings (SSSR count). The number of benzene rings is 2. The van der Waals surface area contributed by atoms with Gasteiger partial charge in [-0.25, -0.2) is 0 Å². The third-order valence-electron chi connectivity index (χ3n) is 3.36. The van der Waals surface area contributed by atoms with E-state index in [2.05, 4.69) is 10.6 Å². The van der Waals surface area contributed by atoms with Crippen LogP contribution in [0.1, 0.15) is 6.92 Å². The summed E-state index contributed by atoms with van der Waals surface area (Å²) in [6.07, 6.45) is 0. The third-order valence-corrected chi connectivity index (χ3v) is 4.53. The first-order valence-corrected chi connectivity index (χ1v) is 9.79. The van der Waals surface area contributed by atoms with Crippen LogP contribution in [0.25, 0.3) is 0 Å². The number of amides is 2. The molecule has 0 aliphatic rings. The van der Waals surface area contributed by atoms with Gasteiger partial charge in [-0.1, -0.05) is 23.7 Å². The average Bonchev–Trinajstić information content (AvgIpc) is 2.64. The molecule has 2 aromatic carbocycles. The van der Waals surface area contributed by atoms with Gasteiger partial charge in [0.2, 0.25) is 11.8 Å². The first-order chi connectivity index (χ1) is 13.0. The molecule has 0 fully saturated rings. The summed E-state index contributed by atoms with van der Waals surface area (Å²) in [7, 11) is 1.51. The van der Waals surface area contributed by atoms with Crippen molar-refractivity contribution in [2.45, 2.75) is 6.92 Å². The lowest BCUT2D eigenvalue weighted by molar-refractivity contribution is -0.114. The Bertz CT molecular complexity index is 801. The Morgan fingerprint density at radius 2 is 1.67 bits per heavy atom. The molecule has 0 unspecified atom stereocenters. The minimum Gasteiger partial charge on any atom is -0.495 e. The monoisotopic (exact) mass is 408 g/mol. The highest BCUT2D eigenvalue weighted by Gasteiger charge is 2.11. The second-order valence-corrected chi connectivity index (χ2v) is 6.78. The molecule has 2 N–H and O–H groups in total. The van der Waals surface area contributed by atoms with E-state index in [0.29, 0.717) is 34.5 Å². The number of para-hydroxylation sites is 2. The van der Waals surface area contributed by atoms with Crippen LogP contribution in [0.3, 0.4) is 0 Å². The van der Waals surface area contributed by atoms with Crippen molar-refractivity contribution >= 4 is 46.6 Å². The lowest BCUT2D eigenvalue weighted by Gasteiger charge is -2.12. The molecule has 0 heterocycles. The molecule has 2 amide bonds. The Labute approximate surface area is 167 Å². The maximum atomic E-state index is 12.1. The van der Waals surface area contributed by atoms with Crippen LogP contribution in [0.4, 0.5) is 11.4 Å². The quantitative estimate of drug-likeness (QED) is 0.654. The molecule has 144 valence electrons. The highest BCUT2D eigenvalue weighted by molar-refractivity contribution is 8.00. The normalized spacial score (nSPS) is 10.2. The number of rotatable bonds is 9. The molecule has 0 bridgehead atoms. The van der Waals surface area contributed by atoms with E-state index in [1.54, 1.807) is 30.3 Å². The molecule has 6 nitrogen and oxygen atoms in total. The molecule has 8 heteroatoms. The molecule has 0 saturated carbocycles. The van der Waals surface area contributed by atoms with E-state index in [1.165, 1.54) is 18.9 Å². The van der Waals surface area contributed by atoms with Gasteiger partial charge in [0, 0.05) is 5.02 Å². The number of thioether (sulfide) groups is 1. The first kappa shape index (κ1) is 20.9. The largest absolute Gasteiger partial charge is 0.495 e. The van der Waals surface area contributed by atoms with Gasteiger partial charge in [-0.2, -0.15) is 0 Å². The number of anilines is 2. The van der Waals surface area contributed by atoms with Crippen LogP contribution in [0.15, 0.2) is 42.5 Å². The van der Waals surface area contributed by atoms with Crippen LogP contribution in [0.2, 0.25) is 5.02 Å². The van der Waals surface area contributed by atoms with Gasteiger partial charge in [-0.05, 0) is 37.3 Å². The van der Waals surface area contributed by atoms with Crippen LogP contribution < -0.4 is 20.1 Å². The van der Waals surface area contributed by atoms with Gasteiger partial charge in [0.1, 0.15) is 11.5 Å². The summed E-state index contributed by atoms with van der Waals surface area (Å²) in [5.74, 6) is 0.937. The predicted octanol–water partition coefficient (Wildman–Crippen LogP) is 4.06. The summed E-state index contributed by atoms with van der Waals surface area (Å²) >= 11 is 7.15. The molecular weight excluding hydrogens is 388 g/mol. The van der Waals surface area contributed by atoms with Crippen LogP contribution >= 0.6 is 23.4 Å². The number of carbonyl (C=O) groups excluding carboxylic acids is 2. The van der Waals surface area contributed by atoms with Crippen molar-refractivity contribution in [2.75, 3.05) is 35.9 Å². The highest BCUT2D eigenvalue weighted by Crippen LogP contribution is 2.28. The van der Waals surface area contributed by atoms with Crippen LogP contribution in [0.5, 0.6) is 11.5 Å². The maximum absolute atomic E-state index is 12.1. The molecule has 27 heavy (non-hydrogen) atoms. The summed E-state index contributed by atoms with van der Waals surface area (Å²) in [4.78, 5) is 24.2. The second-order valence-electron chi connectivity index (χ2n) is 5.36. The molecule has 2 aromatic rings. The van der Waals surface area contributed by atoms with Crippen molar-refractivity contribution in [3.05, 3.63) is 47.5 Å². The highest BCUT2D eigenvalue weighted by atomic mass is 35.5. The number of nitrogens with one attached hydrogen (secondary N) is 2. The van der Waals surface area contributed by atoms with E-state index in [1.807, 2.05) is 19.1 Å². The van der Waals surface area contributed by atoms with Crippen molar-refractivity contribution in [3.63, 3.8) is 0 Å². The molecule has 0 atom stereocenters. The smallest absolute Gasteiger partial charge is 0.234 e. The first-order valence-electron chi connectivity index (χ1n) is 8.26. The fourth-order valence-electron chi connectivity index (χ4n) is 2.24. The molecule has 0 spiro atoms. The number of halogens is 1. The van der Waals surface area contributed by atoms with E-state index in [9.17, 15) is 9.59 Å². The molecule has 0 radical (unpaired) electrons. The summed E-state index contributed by atoms with van der Waals surface area (Å²) < 4.78 is 10.7. The lowest BCUT2D eigenvalue weighted by Crippen LogP contribution is -2.19. The van der Waals surface area contributed by atoms with E-state index in [-0.39, 0.29) is 23.3 Å². The summed E-state index contributed by atoms with van der Waals surface area (Å²) in [5.41, 5.74) is 1.10. The van der Waals surface area contributed by atoms with Gasteiger partial charge in [0.15, 0.2) is 0 Å². The molecule has 0 aliphatic carbocycles. The molecule has 0 aliphatic heterocycles. The third kappa shape index (κ3) is 6.69. The van der Waals surface area contributed by atoms with Crippen LogP contribution in [-0.4, -0.2) is 37.0 Å². The molecule has 0 aromatic heterocycles. The minimum absolute atomic E-state index is 0.121. The Hall–Kier alpha value is -2.38. The number of carbonyl (C=O) groups is 2. The summed E-state index contributed by atoms with van der Waals surface area (Å²) in [6.45, 7) is 2.39. The van der Waals surface area contributed by atoms with Gasteiger partial charge < -0.3 is 20.1 Å². The Morgan fingerprint density at radius 1 is 1.00 bits per heavy atom. The number of hydrogen-bond donors (Lipinski definition) is 2. The lowest BCUT2D eigenvalue weighted by atomic mass is 10.3. The molecule has 0 saturated heterocycles. The molecular formula is C19H21ClN2O4S. The van der Waals surface area contributed by atoms with E-state index in [0.717, 1.165) is 0 Å². The number of ether oxygens (including phenoxy) is 2. The fourth-order valence-corrected chi connectivity index (χ4v) is 3.03. The maximum Gasteiger partial charge on any atom is 0.234 e. The summed E-state index contributed by atoms with van der Waals surface area (Å²) in [6, 6.07) is 12.2. The van der Waals surface area contributed by atoms with Crippen LogP contribution in [0, 0.1) is 0 Å². The van der Waals surface area contributed by atoms with Gasteiger partial charge in [0.05, 0.1) is 36.6 Å². The average molecular weight is 409 g/mol. The van der Waals surface area contributed by atoms with E-state index in [4.69, 9.17) is 21.1 Å². The number of methoxy groups -OCH3 is 1. The standard InChI is InChI=1S/C19H21ClN2O4S/c1-3-26-17-7-5-4-6-14(17)21-18(23)11-27-12-19(24)22-15-10-13(20)8-9-16(15)25-2/h4-10H,3,11-12H2,1-2H3,(H,21,23)(H,22,24). The minimum atomic E-state index is -0.247. The van der Waals surface area contributed by atoms with E-state index >= 15 is 0 Å². The Kier molecular flexibility index (Phi) is 8.29. The Balaban J connectivity index is 1.81.